The normalized spacial score (nSPS) is 22.1. The zero-order valence-corrected chi connectivity index (χ0v) is 17.8. The number of carbonyl (C=O) groups excluding carboxylic acids is 2. The molecule has 29 heavy (non-hydrogen) atoms. The first-order chi connectivity index (χ1) is 14.0. The molecule has 2 atom stereocenters. The molecule has 2 aliphatic heterocycles. The van der Waals surface area contributed by atoms with Gasteiger partial charge in [0, 0.05) is 24.9 Å². The van der Waals surface area contributed by atoms with Gasteiger partial charge in [-0.1, -0.05) is 23.9 Å². The van der Waals surface area contributed by atoms with Crippen LogP contribution in [-0.2, 0) is 9.59 Å². The Kier molecular flexibility index (Phi) is 7.21. The number of amides is 2. The molecule has 1 N–H and O–H groups in total. The van der Waals surface area contributed by atoms with Crippen LogP contribution in [-0.4, -0.2) is 41.7 Å². The molecule has 3 rings (SSSR count). The highest BCUT2D eigenvalue weighted by atomic mass is 32.2. The molecule has 1 saturated heterocycles. The third-order valence-electron chi connectivity index (χ3n) is 5.41. The maximum Gasteiger partial charge on any atom is 0.233 e. The lowest BCUT2D eigenvalue weighted by molar-refractivity contribution is -0.131. The number of hydrogen-bond acceptors (Lipinski definition) is 5. The summed E-state index contributed by atoms with van der Waals surface area (Å²) >= 11 is 1.26. The van der Waals surface area contributed by atoms with Crippen molar-refractivity contribution >= 4 is 23.6 Å². The Balaban J connectivity index is 1.75. The molecule has 2 amide bonds. The SMILES string of the molecule is CCOc1ccc([C@@H]2CC(=O)NC(SCC(=O)N3CCCC[C@H]3C)=C2C#N)cc1. The van der Waals surface area contributed by atoms with Gasteiger partial charge in [0.15, 0.2) is 0 Å². The third kappa shape index (κ3) is 5.13. The molecular formula is C22H27N3O3S. The van der Waals surface area contributed by atoms with Gasteiger partial charge in [0.2, 0.25) is 11.8 Å². The molecule has 0 aromatic heterocycles. The fourth-order valence-corrected chi connectivity index (χ4v) is 4.83. The minimum atomic E-state index is -0.309. The lowest BCUT2D eigenvalue weighted by Crippen LogP contribution is -2.43. The summed E-state index contributed by atoms with van der Waals surface area (Å²) in [4.78, 5) is 26.9. The highest BCUT2D eigenvalue weighted by Gasteiger charge is 2.31. The molecule has 0 unspecified atom stereocenters. The van der Waals surface area contributed by atoms with Gasteiger partial charge in [-0.15, -0.1) is 0 Å². The largest absolute Gasteiger partial charge is 0.494 e. The lowest BCUT2D eigenvalue weighted by Gasteiger charge is -2.33. The summed E-state index contributed by atoms with van der Waals surface area (Å²) < 4.78 is 5.47. The number of piperidine rings is 1. The molecule has 0 saturated carbocycles. The standard InChI is InChI=1S/C22H27N3O3S/c1-3-28-17-9-7-16(8-10-17)18-12-20(26)24-22(19(18)13-23)29-14-21(27)25-11-5-4-6-15(25)2/h7-10,15,18H,3-6,11-12,14H2,1-2H3,(H,24,26)/t15-,18+/m1/s1. The van der Waals surface area contributed by atoms with Crippen LogP contribution in [0.15, 0.2) is 34.9 Å². The second kappa shape index (κ2) is 9.84. The Hall–Kier alpha value is -2.46. The molecule has 2 heterocycles. The Morgan fingerprint density at radius 2 is 2.10 bits per heavy atom. The first kappa shape index (κ1) is 21.3. The van der Waals surface area contributed by atoms with Crippen molar-refractivity contribution in [1.29, 1.82) is 5.26 Å². The third-order valence-corrected chi connectivity index (χ3v) is 6.41. The Morgan fingerprint density at radius 3 is 2.76 bits per heavy atom. The van der Waals surface area contributed by atoms with Crippen molar-refractivity contribution in [3.05, 3.63) is 40.4 Å². The van der Waals surface area contributed by atoms with Crippen LogP contribution in [0.4, 0.5) is 0 Å². The van der Waals surface area contributed by atoms with Crippen LogP contribution in [0.5, 0.6) is 5.75 Å². The van der Waals surface area contributed by atoms with Crippen molar-refractivity contribution < 1.29 is 14.3 Å². The summed E-state index contributed by atoms with van der Waals surface area (Å²) in [5, 5.41) is 13.1. The van der Waals surface area contributed by atoms with Crippen LogP contribution >= 0.6 is 11.8 Å². The second-order valence-corrected chi connectivity index (χ2v) is 8.37. The zero-order valence-electron chi connectivity index (χ0n) is 16.9. The second-order valence-electron chi connectivity index (χ2n) is 7.38. The van der Waals surface area contributed by atoms with E-state index in [9.17, 15) is 14.9 Å². The smallest absolute Gasteiger partial charge is 0.233 e. The van der Waals surface area contributed by atoms with E-state index in [4.69, 9.17) is 4.74 Å². The zero-order chi connectivity index (χ0) is 20.8. The van der Waals surface area contributed by atoms with Gasteiger partial charge in [0.25, 0.3) is 0 Å². The number of benzene rings is 1. The van der Waals surface area contributed by atoms with Gasteiger partial charge in [0.05, 0.1) is 29.0 Å². The minimum Gasteiger partial charge on any atom is -0.494 e. The summed E-state index contributed by atoms with van der Waals surface area (Å²) in [6.07, 6.45) is 3.43. The monoisotopic (exact) mass is 413 g/mol. The van der Waals surface area contributed by atoms with Crippen molar-refractivity contribution in [3.8, 4) is 11.8 Å². The highest BCUT2D eigenvalue weighted by Crippen LogP contribution is 2.36. The van der Waals surface area contributed by atoms with Crippen LogP contribution < -0.4 is 10.1 Å². The summed E-state index contributed by atoms with van der Waals surface area (Å²) in [5.41, 5.74) is 1.41. The van der Waals surface area contributed by atoms with E-state index in [0.29, 0.717) is 17.2 Å². The van der Waals surface area contributed by atoms with Crippen LogP contribution in [0.1, 0.15) is 51.0 Å². The van der Waals surface area contributed by atoms with E-state index in [1.54, 1.807) is 0 Å². The van der Waals surface area contributed by atoms with Gasteiger partial charge in [-0.05, 0) is 50.8 Å². The molecule has 6 nitrogen and oxygen atoms in total. The van der Waals surface area contributed by atoms with Crippen LogP contribution in [0.3, 0.4) is 0 Å². The number of allylic oxidation sites excluding steroid dienone is 1. The Bertz CT molecular complexity index is 829. The van der Waals surface area contributed by atoms with Crippen molar-refractivity contribution in [3.63, 3.8) is 0 Å². The van der Waals surface area contributed by atoms with E-state index in [1.165, 1.54) is 11.8 Å². The Labute approximate surface area is 176 Å². The molecule has 1 aromatic rings. The summed E-state index contributed by atoms with van der Waals surface area (Å²) in [6.45, 7) is 5.36. The number of thioether (sulfide) groups is 1. The van der Waals surface area contributed by atoms with E-state index in [-0.39, 0.29) is 35.9 Å². The van der Waals surface area contributed by atoms with Crippen molar-refractivity contribution in [2.45, 2.75) is 51.5 Å². The van der Waals surface area contributed by atoms with Crippen LogP contribution in [0, 0.1) is 11.3 Å². The van der Waals surface area contributed by atoms with Crippen LogP contribution in [0.25, 0.3) is 0 Å². The number of nitrogens with one attached hydrogen (secondary N) is 1. The molecule has 0 spiro atoms. The summed E-state index contributed by atoms with van der Waals surface area (Å²) in [7, 11) is 0. The summed E-state index contributed by atoms with van der Waals surface area (Å²) in [5.74, 6) is 0.598. The van der Waals surface area contributed by atoms with Crippen LogP contribution in [0.2, 0.25) is 0 Å². The first-order valence-electron chi connectivity index (χ1n) is 10.1. The maximum absolute atomic E-state index is 12.7. The molecule has 0 aliphatic carbocycles. The summed E-state index contributed by atoms with van der Waals surface area (Å²) in [6, 6.07) is 10.0. The first-order valence-corrected chi connectivity index (χ1v) is 11.1. The highest BCUT2D eigenvalue weighted by molar-refractivity contribution is 8.03. The Morgan fingerprint density at radius 1 is 1.34 bits per heavy atom. The predicted octanol–water partition coefficient (Wildman–Crippen LogP) is 3.56. The number of nitriles is 1. The van der Waals surface area contributed by atoms with Gasteiger partial charge in [-0.2, -0.15) is 5.26 Å². The van der Waals surface area contributed by atoms with E-state index in [0.717, 1.165) is 37.1 Å². The van der Waals surface area contributed by atoms with E-state index in [1.807, 2.05) is 36.1 Å². The molecule has 154 valence electrons. The fourth-order valence-electron chi connectivity index (χ4n) is 3.87. The molecular weight excluding hydrogens is 386 g/mol. The molecule has 1 aromatic carbocycles. The number of rotatable bonds is 6. The number of nitrogens with zero attached hydrogens (tertiary/aromatic N) is 2. The average molecular weight is 414 g/mol. The molecule has 0 bridgehead atoms. The van der Waals surface area contributed by atoms with Gasteiger partial charge in [-0.25, -0.2) is 0 Å². The van der Waals surface area contributed by atoms with Gasteiger partial charge < -0.3 is 15.0 Å². The molecule has 2 aliphatic rings. The molecule has 1 fully saturated rings. The van der Waals surface area contributed by atoms with Gasteiger partial charge >= 0.3 is 0 Å². The minimum absolute atomic E-state index is 0.0597. The lowest BCUT2D eigenvalue weighted by atomic mass is 9.87. The van der Waals surface area contributed by atoms with Crippen molar-refractivity contribution in [1.82, 2.24) is 10.2 Å². The molecule has 7 heteroatoms. The number of likely N-dealkylation sites (tertiary alicyclic amines) is 1. The number of ether oxygens (including phenoxy) is 1. The van der Waals surface area contributed by atoms with E-state index >= 15 is 0 Å². The predicted molar refractivity (Wildman–Crippen MR) is 113 cm³/mol. The van der Waals surface area contributed by atoms with Crippen molar-refractivity contribution in [2.75, 3.05) is 18.9 Å². The van der Waals surface area contributed by atoms with Crippen molar-refractivity contribution in [2.24, 2.45) is 0 Å². The topological polar surface area (TPSA) is 82.4 Å². The average Bonchev–Trinajstić information content (AvgIpc) is 2.72. The number of carbonyl (C=O) groups is 2. The quantitative estimate of drug-likeness (QED) is 0.771. The fraction of sp³-hybridized carbons (Fsp3) is 0.500. The maximum atomic E-state index is 12.7. The number of hydrogen-bond donors (Lipinski definition) is 1. The van der Waals surface area contributed by atoms with Gasteiger partial charge in [-0.3, -0.25) is 9.59 Å². The van der Waals surface area contributed by atoms with E-state index in [2.05, 4.69) is 18.3 Å². The molecule has 0 radical (unpaired) electrons. The van der Waals surface area contributed by atoms with Gasteiger partial charge in [0.1, 0.15) is 5.75 Å². The van der Waals surface area contributed by atoms with E-state index < -0.39 is 0 Å².